The number of imide groups is 1. The Kier molecular flexibility index (Phi) is 4.35. The van der Waals surface area contributed by atoms with Gasteiger partial charge in [0, 0.05) is 6.42 Å². The summed E-state index contributed by atoms with van der Waals surface area (Å²) in [6.07, 6.45) is 1.25. The summed E-state index contributed by atoms with van der Waals surface area (Å²) in [4.78, 5) is 25.6. The number of nitrogens with one attached hydrogen (secondary N) is 1. The number of urea groups is 1. The first-order valence-corrected chi connectivity index (χ1v) is 7.52. The highest BCUT2D eigenvalue weighted by atomic mass is 16.2. The van der Waals surface area contributed by atoms with Gasteiger partial charge < -0.3 is 5.32 Å². The summed E-state index contributed by atoms with van der Waals surface area (Å²) in [7, 11) is 0. The van der Waals surface area contributed by atoms with Crippen molar-refractivity contribution in [2.75, 3.05) is 0 Å². The van der Waals surface area contributed by atoms with Gasteiger partial charge in [-0.3, -0.25) is 9.69 Å². The van der Waals surface area contributed by atoms with Gasteiger partial charge in [0.1, 0.15) is 0 Å². The van der Waals surface area contributed by atoms with E-state index in [4.69, 9.17) is 0 Å². The first-order chi connectivity index (χ1) is 9.84. The number of hydrogen-bond donors (Lipinski definition) is 1. The fourth-order valence-corrected chi connectivity index (χ4v) is 2.69. The topological polar surface area (TPSA) is 49.4 Å². The van der Waals surface area contributed by atoms with Gasteiger partial charge in [-0.25, -0.2) is 4.79 Å². The Labute approximate surface area is 126 Å². The van der Waals surface area contributed by atoms with Gasteiger partial charge >= 0.3 is 6.03 Å². The molecule has 0 aromatic heterocycles. The second-order valence-electron chi connectivity index (χ2n) is 6.67. The zero-order valence-corrected chi connectivity index (χ0v) is 13.2. The molecule has 2 atom stereocenters. The van der Waals surface area contributed by atoms with Crippen LogP contribution in [-0.2, 0) is 4.79 Å². The zero-order valence-electron chi connectivity index (χ0n) is 13.2. The Morgan fingerprint density at radius 1 is 1.33 bits per heavy atom. The van der Waals surface area contributed by atoms with Crippen molar-refractivity contribution in [3.8, 4) is 0 Å². The summed E-state index contributed by atoms with van der Waals surface area (Å²) in [6.45, 7) is 8.19. The SMILES string of the molecule is CC[C@@H](NC(=O)N1C(=O)C[C@H]1C(C)(C)C)c1ccccc1. The third-order valence-corrected chi connectivity index (χ3v) is 4.07. The van der Waals surface area contributed by atoms with Gasteiger partial charge in [-0.1, -0.05) is 58.0 Å². The number of nitrogens with zero attached hydrogens (tertiary/aromatic N) is 1. The minimum Gasteiger partial charge on any atom is -0.331 e. The Hall–Kier alpha value is -1.84. The molecule has 0 bridgehead atoms. The fraction of sp³-hybridized carbons (Fsp3) is 0.529. The number of hydrogen-bond acceptors (Lipinski definition) is 2. The first-order valence-electron chi connectivity index (χ1n) is 7.52. The van der Waals surface area contributed by atoms with E-state index < -0.39 is 0 Å². The van der Waals surface area contributed by atoms with Crippen LogP contribution in [0.25, 0.3) is 0 Å². The normalized spacial score (nSPS) is 19.9. The predicted molar refractivity (Wildman–Crippen MR) is 82.7 cm³/mol. The van der Waals surface area contributed by atoms with Crippen LogP contribution < -0.4 is 5.32 Å². The molecule has 1 fully saturated rings. The molecule has 1 N–H and O–H groups in total. The van der Waals surface area contributed by atoms with E-state index in [1.165, 1.54) is 4.90 Å². The smallest absolute Gasteiger partial charge is 0.324 e. The molecule has 1 aromatic carbocycles. The molecule has 4 nitrogen and oxygen atoms in total. The monoisotopic (exact) mass is 288 g/mol. The summed E-state index contributed by atoms with van der Waals surface area (Å²) < 4.78 is 0. The van der Waals surface area contributed by atoms with Gasteiger partial charge in [0.15, 0.2) is 0 Å². The van der Waals surface area contributed by atoms with Crippen LogP contribution in [0.5, 0.6) is 0 Å². The van der Waals surface area contributed by atoms with E-state index in [0.717, 1.165) is 12.0 Å². The Balaban J connectivity index is 2.08. The average Bonchev–Trinajstić information content (AvgIpc) is 2.41. The maximum absolute atomic E-state index is 12.4. The van der Waals surface area contributed by atoms with E-state index in [9.17, 15) is 9.59 Å². The Morgan fingerprint density at radius 3 is 2.43 bits per heavy atom. The molecule has 21 heavy (non-hydrogen) atoms. The molecule has 0 unspecified atom stereocenters. The fourth-order valence-electron chi connectivity index (χ4n) is 2.69. The van der Waals surface area contributed by atoms with Crippen LogP contribution in [-0.4, -0.2) is 22.9 Å². The van der Waals surface area contributed by atoms with Gasteiger partial charge in [0.2, 0.25) is 5.91 Å². The third kappa shape index (κ3) is 3.26. The van der Waals surface area contributed by atoms with Crippen LogP contribution in [0.1, 0.15) is 52.1 Å². The van der Waals surface area contributed by atoms with Gasteiger partial charge in [-0.15, -0.1) is 0 Å². The lowest BCUT2D eigenvalue weighted by atomic mass is 9.79. The van der Waals surface area contributed by atoms with Crippen LogP contribution in [0.2, 0.25) is 0 Å². The van der Waals surface area contributed by atoms with Crippen LogP contribution in [0, 0.1) is 5.41 Å². The van der Waals surface area contributed by atoms with Gasteiger partial charge in [0.05, 0.1) is 12.1 Å². The lowest BCUT2D eigenvalue weighted by Crippen LogP contribution is -2.63. The molecule has 0 radical (unpaired) electrons. The van der Waals surface area contributed by atoms with Crippen molar-refractivity contribution in [1.82, 2.24) is 10.2 Å². The van der Waals surface area contributed by atoms with Crippen molar-refractivity contribution >= 4 is 11.9 Å². The van der Waals surface area contributed by atoms with E-state index in [2.05, 4.69) is 26.1 Å². The van der Waals surface area contributed by atoms with Crippen molar-refractivity contribution in [3.63, 3.8) is 0 Å². The number of amides is 3. The van der Waals surface area contributed by atoms with E-state index in [0.29, 0.717) is 6.42 Å². The Morgan fingerprint density at radius 2 is 1.95 bits per heavy atom. The summed E-state index contributed by atoms with van der Waals surface area (Å²) in [5, 5.41) is 2.98. The minimum atomic E-state index is -0.276. The summed E-state index contributed by atoms with van der Waals surface area (Å²) in [6, 6.07) is 9.50. The molecule has 0 saturated carbocycles. The van der Waals surface area contributed by atoms with Gasteiger partial charge in [0.25, 0.3) is 0 Å². The van der Waals surface area contributed by atoms with E-state index in [1.54, 1.807) is 0 Å². The molecule has 2 rings (SSSR count). The van der Waals surface area contributed by atoms with Gasteiger partial charge in [-0.2, -0.15) is 0 Å². The molecule has 1 aliphatic rings. The number of rotatable bonds is 3. The lowest BCUT2D eigenvalue weighted by molar-refractivity contribution is -0.145. The quantitative estimate of drug-likeness (QED) is 0.865. The van der Waals surface area contributed by atoms with E-state index in [-0.39, 0.29) is 29.4 Å². The molecule has 1 saturated heterocycles. The van der Waals surface area contributed by atoms with Crippen molar-refractivity contribution in [2.45, 2.75) is 52.6 Å². The number of β-lactam (4-membered cyclic amide) rings is 1. The van der Waals surface area contributed by atoms with Crippen LogP contribution in [0.4, 0.5) is 4.79 Å². The van der Waals surface area contributed by atoms with Crippen molar-refractivity contribution < 1.29 is 9.59 Å². The molecular formula is C17H24N2O2. The Bertz CT molecular complexity index is 519. The number of benzene rings is 1. The highest BCUT2D eigenvalue weighted by Gasteiger charge is 2.47. The molecule has 1 aliphatic heterocycles. The molecule has 114 valence electrons. The third-order valence-electron chi connectivity index (χ3n) is 4.07. The van der Waals surface area contributed by atoms with Crippen molar-refractivity contribution in [1.29, 1.82) is 0 Å². The summed E-state index contributed by atoms with van der Waals surface area (Å²) in [5.74, 6) is -0.0876. The van der Waals surface area contributed by atoms with Crippen molar-refractivity contribution in [3.05, 3.63) is 35.9 Å². The molecular weight excluding hydrogens is 264 g/mol. The minimum absolute atomic E-state index is 0.0155. The summed E-state index contributed by atoms with van der Waals surface area (Å²) >= 11 is 0. The van der Waals surface area contributed by atoms with Gasteiger partial charge in [-0.05, 0) is 17.4 Å². The molecule has 0 aliphatic carbocycles. The second kappa shape index (κ2) is 5.88. The molecule has 1 aromatic rings. The molecule has 3 amide bonds. The molecule has 1 heterocycles. The lowest BCUT2D eigenvalue weighted by Gasteiger charge is -2.46. The highest BCUT2D eigenvalue weighted by Crippen LogP contribution is 2.35. The molecule has 0 spiro atoms. The van der Waals surface area contributed by atoms with E-state index >= 15 is 0 Å². The van der Waals surface area contributed by atoms with E-state index in [1.807, 2.05) is 37.3 Å². The maximum atomic E-state index is 12.4. The van der Waals surface area contributed by atoms with Crippen molar-refractivity contribution in [2.24, 2.45) is 5.41 Å². The maximum Gasteiger partial charge on any atom is 0.324 e. The standard InChI is InChI=1S/C17H24N2O2/c1-5-13(12-9-7-6-8-10-12)18-16(21)19-14(11-15(19)20)17(2,3)4/h6-10,13-14H,5,11H2,1-4H3,(H,18,21)/t13-,14+/m1/s1. The number of likely N-dealkylation sites (tertiary alicyclic amines) is 1. The second-order valence-corrected chi connectivity index (χ2v) is 6.67. The van der Waals surface area contributed by atoms with Crippen LogP contribution >= 0.6 is 0 Å². The van der Waals surface area contributed by atoms with Crippen LogP contribution in [0.3, 0.4) is 0 Å². The molecule has 4 heteroatoms. The highest BCUT2D eigenvalue weighted by molar-refractivity contribution is 6.00. The largest absolute Gasteiger partial charge is 0.331 e. The number of carbonyl (C=O) groups excluding carboxylic acids is 2. The predicted octanol–water partition coefficient (Wildman–Crippen LogP) is 3.49. The zero-order chi connectivity index (χ0) is 15.6. The first kappa shape index (κ1) is 15.5. The number of carbonyl (C=O) groups is 2. The van der Waals surface area contributed by atoms with Crippen LogP contribution in [0.15, 0.2) is 30.3 Å². The summed E-state index contributed by atoms with van der Waals surface area (Å²) in [5.41, 5.74) is 0.980. The average molecular weight is 288 g/mol.